The molecule has 0 spiro atoms. The molecular formula is C12H21N3O. The molecule has 0 aliphatic heterocycles. The molecule has 1 rings (SSSR count). The van der Waals surface area contributed by atoms with E-state index in [0.717, 1.165) is 5.82 Å². The number of nitrogens with one attached hydrogen (secondary N) is 2. The van der Waals surface area contributed by atoms with Gasteiger partial charge in [0, 0.05) is 18.8 Å². The van der Waals surface area contributed by atoms with Gasteiger partial charge in [-0.2, -0.15) is 0 Å². The van der Waals surface area contributed by atoms with Crippen LogP contribution in [0.3, 0.4) is 0 Å². The molecule has 4 heteroatoms. The molecule has 1 heterocycles. The van der Waals surface area contributed by atoms with Crippen molar-refractivity contribution in [1.82, 2.24) is 15.3 Å². The second-order valence-corrected chi connectivity index (χ2v) is 5.28. The van der Waals surface area contributed by atoms with E-state index < -0.39 is 0 Å². The number of hydrogen-bond donors (Lipinski definition) is 2. The van der Waals surface area contributed by atoms with Crippen LogP contribution in [0.1, 0.15) is 39.9 Å². The molecule has 0 aliphatic rings. The summed E-state index contributed by atoms with van der Waals surface area (Å²) in [4.78, 5) is 18.6. The average Bonchev–Trinajstić information content (AvgIpc) is 2.65. The number of imidazole rings is 1. The largest absolute Gasteiger partial charge is 0.349 e. The zero-order chi connectivity index (χ0) is 12.2. The van der Waals surface area contributed by atoms with Gasteiger partial charge in [0.2, 0.25) is 5.91 Å². The second kappa shape index (κ2) is 5.14. The van der Waals surface area contributed by atoms with Crippen molar-refractivity contribution < 1.29 is 4.79 Å². The summed E-state index contributed by atoms with van der Waals surface area (Å²) in [5.41, 5.74) is 0.169. The van der Waals surface area contributed by atoms with Crippen molar-refractivity contribution in [2.75, 3.05) is 0 Å². The lowest BCUT2D eigenvalue weighted by Gasteiger charge is -2.26. The van der Waals surface area contributed by atoms with Crippen LogP contribution in [-0.2, 0) is 11.3 Å². The number of nitrogens with zero attached hydrogens (tertiary/aromatic N) is 1. The third-order valence-corrected chi connectivity index (χ3v) is 2.98. The van der Waals surface area contributed by atoms with Gasteiger partial charge in [-0.15, -0.1) is 0 Å². The van der Waals surface area contributed by atoms with Crippen molar-refractivity contribution in [2.24, 2.45) is 11.3 Å². The van der Waals surface area contributed by atoms with Crippen LogP contribution in [0, 0.1) is 11.3 Å². The highest BCUT2D eigenvalue weighted by molar-refractivity contribution is 5.76. The lowest BCUT2D eigenvalue weighted by molar-refractivity contribution is -0.122. The maximum Gasteiger partial charge on any atom is 0.220 e. The van der Waals surface area contributed by atoms with Gasteiger partial charge in [0.05, 0.1) is 6.54 Å². The van der Waals surface area contributed by atoms with Gasteiger partial charge in [-0.3, -0.25) is 4.79 Å². The quantitative estimate of drug-likeness (QED) is 0.821. The van der Waals surface area contributed by atoms with Gasteiger partial charge in [0.1, 0.15) is 5.82 Å². The van der Waals surface area contributed by atoms with Crippen LogP contribution >= 0.6 is 0 Å². The predicted molar refractivity (Wildman–Crippen MR) is 63.7 cm³/mol. The number of carbonyl (C=O) groups excluding carboxylic acids is 1. The third-order valence-electron chi connectivity index (χ3n) is 2.98. The molecule has 16 heavy (non-hydrogen) atoms. The first-order valence-corrected chi connectivity index (χ1v) is 5.64. The minimum atomic E-state index is 0.0822. The first-order valence-electron chi connectivity index (χ1n) is 5.64. The van der Waals surface area contributed by atoms with E-state index in [0.29, 0.717) is 18.9 Å². The lowest BCUT2D eigenvalue weighted by atomic mass is 9.80. The standard InChI is InChI=1S/C12H21N3O/c1-9(12(2,3)4)7-11(16)15-8-10-13-5-6-14-10/h5-6,9H,7-8H2,1-4H3,(H,13,14)(H,15,16). The van der Waals surface area contributed by atoms with E-state index in [1.165, 1.54) is 0 Å². The van der Waals surface area contributed by atoms with E-state index in [1.807, 2.05) is 0 Å². The Morgan fingerprint density at radius 2 is 2.25 bits per heavy atom. The first kappa shape index (κ1) is 12.7. The van der Waals surface area contributed by atoms with Crippen LogP contribution in [0.2, 0.25) is 0 Å². The molecule has 1 aromatic rings. The zero-order valence-corrected chi connectivity index (χ0v) is 10.5. The fourth-order valence-electron chi connectivity index (χ4n) is 1.23. The molecule has 0 aromatic carbocycles. The van der Waals surface area contributed by atoms with Crippen molar-refractivity contribution in [3.63, 3.8) is 0 Å². The van der Waals surface area contributed by atoms with Gasteiger partial charge in [-0.25, -0.2) is 4.98 Å². The van der Waals surface area contributed by atoms with Crippen LogP contribution in [0.5, 0.6) is 0 Å². The van der Waals surface area contributed by atoms with Crippen LogP contribution in [0.25, 0.3) is 0 Å². The average molecular weight is 223 g/mol. The Bertz CT molecular complexity index is 325. The number of amides is 1. The number of aromatic amines is 1. The molecule has 4 nitrogen and oxygen atoms in total. The molecule has 0 saturated carbocycles. The number of carbonyl (C=O) groups is 1. The molecule has 0 fully saturated rings. The smallest absolute Gasteiger partial charge is 0.220 e. The third kappa shape index (κ3) is 4.04. The molecule has 1 amide bonds. The van der Waals surface area contributed by atoms with Gasteiger partial charge >= 0.3 is 0 Å². The topological polar surface area (TPSA) is 57.8 Å². The normalized spacial score (nSPS) is 13.5. The maximum atomic E-state index is 11.6. The monoisotopic (exact) mass is 223 g/mol. The van der Waals surface area contributed by atoms with Crippen molar-refractivity contribution >= 4 is 5.91 Å². The second-order valence-electron chi connectivity index (χ2n) is 5.28. The van der Waals surface area contributed by atoms with Crippen LogP contribution in [0.15, 0.2) is 12.4 Å². The van der Waals surface area contributed by atoms with E-state index in [-0.39, 0.29) is 11.3 Å². The van der Waals surface area contributed by atoms with E-state index >= 15 is 0 Å². The summed E-state index contributed by atoms with van der Waals surface area (Å²) in [6.45, 7) is 9.03. The molecular weight excluding hydrogens is 202 g/mol. The summed E-state index contributed by atoms with van der Waals surface area (Å²) in [5, 5.41) is 2.86. The number of aromatic nitrogens is 2. The number of rotatable bonds is 4. The van der Waals surface area contributed by atoms with Crippen LogP contribution in [-0.4, -0.2) is 15.9 Å². The molecule has 1 aromatic heterocycles. The molecule has 2 N–H and O–H groups in total. The Labute approximate surface area is 96.9 Å². The van der Waals surface area contributed by atoms with Gasteiger partial charge < -0.3 is 10.3 Å². The summed E-state index contributed by atoms with van der Waals surface area (Å²) in [5.74, 6) is 1.24. The highest BCUT2D eigenvalue weighted by Crippen LogP contribution is 2.27. The summed E-state index contributed by atoms with van der Waals surface area (Å²) in [7, 11) is 0. The fraction of sp³-hybridized carbons (Fsp3) is 0.667. The fourth-order valence-corrected chi connectivity index (χ4v) is 1.23. The van der Waals surface area contributed by atoms with Crippen LogP contribution in [0.4, 0.5) is 0 Å². The summed E-state index contributed by atoms with van der Waals surface area (Å²) < 4.78 is 0. The Morgan fingerprint density at radius 3 is 2.75 bits per heavy atom. The zero-order valence-electron chi connectivity index (χ0n) is 10.5. The molecule has 90 valence electrons. The van der Waals surface area contributed by atoms with E-state index in [1.54, 1.807) is 12.4 Å². The number of hydrogen-bond acceptors (Lipinski definition) is 2. The Morgan fingerprint density at radius 1 is 1.56 bits per heavy atom. The minimum absolute atomic E-state index is 0.0822. The SMILES string of the molecule is CC(CC(=O)NCc1ncc[nH]1)C(C)(C)C. The van der Waals surface area contributed by atoms with Gasteiger partial charge in [-0.1, -0.05) is 27.7 Å². The minimum Gasteiger partial charge on any atom is -0.349 e. The van der Waals surface area contributed by atoms with Gasteiger partial charge in [0.25, 0.3) is 0 Å². The van der Waals surface area contributed by atoms with E-state index in [4.69, 9.17) is 0 Å². The molecule has 0 radical (unpaired) electrons. The summed E-state index contributed by atoms with van der Waals surface area (Å²) in [6.07, 6.45) is 3.99. The number of H-pyrrole nitrogens is 1. The van der Waals surface area contributed by atoms with Crippen molar-refractivity contribution in [3.8, 4) is 0 Å². The molecule has 0 aliphatic carbocycles. The molecule has 1 unspecified atom stereocenters. The van der Waals surface area contributed by atoms with Gasteiger partial charge in [-0.05, 0) is 11.3 Å². The summed E-state index contributed by atoms with van der Waals surface area (Å²) >= 11 is 0. The van der Waals surface area contributed by atoms with Crippen molar-refractivity contribution in [1.29, 1.82) is 0 Å². The summed E-state index contributed by atoms with van der Waals surface area (Å²) in [6, 6.07) is 0. The van der Waals surface area contributed by atoms with E-state index in [9.17, 15) is 4.79 Å². The lowest BCUT2D eigenvalue weighted by Crippen LogP contribution is -2.29. The Hall–Kier alpha value is -1.32. The predicted octanol–water partition coefficient (Wildman–Crippen LogP) is 2.10. The van der Waals surface area contributed by atoms with Gasteiger partial charge in [0.15, 0.2) is 0 Å². The molecule has 1 atom stereocenters. The maximum absolute atomic E-state index is 11.6. The van der Waals surface area contributed by atoms with E-state index in [2.05, 4.69) is 43.0 Å². The highest BCUT2D eigenvalue weighted by atomic mass is 16.1. The van der Waals surface area contributed by atoms with Crippen molar-refractivity contribution in [3.05, 3.63) is 18.2 Å². The first-order chi connectivity index (χ1) is 7.39. The Balaban J connectivity index is 2.31. The molecule has 0 saturated heterocycles. The Kier molecular flexibility index (Phi) is 4.10. The molecule has 0 bridgehead atoms. The van der Waals surface area contributed by atoms with Crippen molar-refractivity contribution in [2.45, 2.75) is 40.7 Å². The van der Waals surface area contributed by atoms with Crippen LogP contribution < -0.4 is 5.32 Å². The highest BCUT2D eigenvalue weighted by Gasteiger charge is 2.22.